The van der Waals surface area contributed by atoms with Crippen LogP contribution in [0.1, 0.15) is 36.0 Å². The molecule has 1 atom stereocenters. The number of phenols is 1. The fraction of sp³-hybridized carbons (Fsp3) is 0.500. The molecule has 1 heterocycles. The van der Waals surface area contributed by atoms with Crippen molar-refractivity contribution in [1.29, 1.82) is 0 Å². The van der Waals surface area contributed by atoms with Gasteiger partial charge in [0.1, 0.15) is 11.6 Å². The summed E-state index contributed by atoms with van der Waals surface area (Å²) < 4.78 is 12.9. The Morgan fingerprint density at radius 1 is 1.37 bits per heavy atom. The molecule has 0 spiro atoms. The molecule has 2 rings (SSSR count). The molecule has 1 aliphatic rings. The Balaban J connectivity index is 2.25. The average Bonchev–Trinajstić information content (AvgIpc) is 2.63. The number of phenolic OH excluding ortho intramolecular Hbond substituents is 1. The third-order valence-electron chi connectivity index (χ3n) is 3.54. The zero-order chi connectivity index (χ0) is 13.8. The molecule has 1 aromatic carbocycles. The molecular formula is C14H18FNO3. The Morgan fingerprint density at radius 3 is 2.84 bits per heavy atom. The van der Waals surface area contributed by atoms with Crippen LogP contribution in [0.2, 0.25) is 0 Å². The molecule has 4 nitrogen and oxygen atoms in total. The van der Waals surface area contributed by atoms with Crippen molar-refractivity contribution in [2.75, 3.05) is 13.2 Å². The summed E-state index contributed by atoms with van der Waals surface area (Å²) >= 11 is 0. The summed E-state index contributed by atoms with van der Waals surface area (Å²) in [4.78, 5) is 14.0. The minimum absolute atomic E-state index is 0.0850. The molecule has 0 aliphatic carbocycles. The van der Waals surface area contributed by atoms with Crippen molar-refractivity contribution in [2.45, 2.75) is 31.7 Å². The van der Waals surface area contributed by atoms with E-state index in [4.69, 9.17) is 0 Å². The molecule has 1 unspecified atom stereocenters. The van der Waals surface area contributed by atoms with Gasteiger partial charge in [0.2, 0.25) is 0 Å². The zero-order valence-electron chi connectivity index (χ0n) is 10.7. The third kappa shape index (κ3) is 3.04. The van der Waals surface area contributed by atoms with Gasteiger partial charge in [-0.15, -0.1) is 0 Å². The van der Waals surface area contributed by atoms with Crippen molar-refractivity contribution in [3.63, 3.8) is 0 Å². The number of carbonyl (C=O) groups is 1. The lowest BCUT2D eigenvalue weighted by Crippen LogP contribution is -2.42. The number of nitrogens with zero attached hydrogens (tertiary/aromatic N) is 1. The van der Waals surface area contributed by atoms with Gasteiger partial charge in [-0.2, -0.15) is 0 Å². The van der Waals surface area contributed by atoms with E-state index in [0.717, 1.165) is 37.8 Å². The highest BCUT2D eigenvalue weighted by atomic mass is 19.1. The van der Waals surface area contributed by atoms with Crippen molar-refractivity contribution >= 4 is 5.91 Å². The first-order valence-electron chi connectivity index (χ1n) is 6.54. The van der Waals surface area contributed by atoms with Gasteiger partial charge in [0.25, 0.3) is 5.91 Å². The van der Waals surface area contributed by atoms with Crippen LogP contribution < -0.4 is 0 Å². The monoisotopic (exact) mass is 267 g/mol. The number of hydrogen-bond acceptors (Lipinski definition) is 3. The number of benzene rings is 1. The van der Waals surface area contributed by atoms with E-state index in [-0.39, 0.29) is 29.9 Å². The number of aliphatic hydroxyl groups is 1. The maximum atomic E-state index is 12.9. The van der Waals surface area contributed by atoms with Gasteiger partial charge in [0, 0.05) is 12.6 Å². The van der Waals surface area contributed by atoms with Gasteiger partial charge in [0.05, 0.1) is 18.2 Å². The maximum absolute atomic E-state index is 12.9. The van der Waals surface area contributed by atoms with Crippen LogP contribution in [0.3, 0.4) is 0 Å². The largest absolute Gasteiger partial charge is 0.507 e. The first-order valence-corrected chi connectivity index (χ1v) is 6.54. The number of halogens is 1. The highest BCUT2D eigenvalue weighted by Crippen LogP contribution is 2.24. The number of aliphatic hydroxyl groups excluding tert-OH is 1. The topological polar surface area (TPSA) is 60.8 Å². The second kappa shape index (κ2) is 6.02. The molecule has 5 heteroatoms. The molecule has 2 N–H and O–H groups in total. The number of rotatable bonds is 2. The van der Waals surface area contributed by atoms with Gasteiger partial charge >= 0.3 is 0 Å². The first-order chi connectivity index (χ1) is 9.13. The van der Waals surface area contributed by atoms with E-state index in [1.54, 1.807) is 4.90 Å². The van der Waals surface area contributed by atoms with Crippen molar-refractivity contribution in [3.8, 4) is 5.75 Å². The summed E-state index contributed by atoms with van der Waals surface area (Å²) in [7, 11) is 0. The Labute approximate surface area is 111 Å². The highest BCUT2D eigenvalue weighted by Gasteiger charge is 2.27. The van der Waals surface area contributed by atoms with Crippen molar-refractivity contribution in [3.05, 3.63) is 29.6 Å². The summed E-state index contributed by atoms with van der Waals surface area (Å²) in [6.45, 7) is 0.467. The fourth-order valence-electron chi connectivity index (χ4n) is 2.47. The molecule has 1 amide bonds. The van der Waals surface area contributed by atoms with Crippen LogP contribution in [0.15, 0.2) is 18.2 Å². The van der Waals surface area contributed by atoms with Crippen molar-refractivity contribution in [1.82, 2.24) is 4.90 Å². The van der Waals surface area contributed by atoms with Crippen LogP contribution in [0.4, 0.5) is 4.39 Å². The number of hydrogen-bond donors (Lipinski definition) is 2. The molecule has 1 fully saturated rings. The summed E-state index contributed by atoms with van der Waals surface area (Å²) in [5.74, 6) is -1.28. The lowest BCUT2D eigenvalue weighted by molar-refractivity contribution is 0.0597. The molecule has 19 heavy (non-hydrogen) atoms. The maximum Gasteiger partial charge on any atom is 0.257 e. The second-order valence-corrected chi connectivity index (χ2v) is 4.85. The number of aromatic hydroxyl groups is 1. The molecule has 0 saturated carbocycles. The normalized spacial score (nSPS) is 20.1. The Morgan fingerprint density at radius 2 is 2.16 bits per heavy atom. The minimum Gasteiger partial charge on any atom is -0.507 e. The number of amides is 1. The van der Waals surface area contributed by atoms with Gasteiger partial charge in [0.15, 0.2) is 0 Å². The third-order valence-corrected chi connectivity index (χ3v) is 3.54. The Hall–Kier alpha value is -1.62. The van der Waals surface area contributed by atoms with Crippen LogP contribution in [0.25, 0.3) is 0 Å². The van der Waals surface area contributed by atoms with Crippen molar-refractivity contribution in [2.24, 2.45) is 0 Å². The predicted molar refractivity (Wildman–Crippen MR) is 68.4 cm³/mol. The average molecular weight is 267 g/mol. The second-order valence-electron chi connectivity index (χ2n) is 4.85. The van der Waals surface area contributed by atoms with E-state index in [2.05, 4.69) is 0 Å². The van der Waals surface area contributed by atoms with Gasteiger partial charge in [-0.1, -0.05) is 12.8 Å². The lowest BCUT2D eigenvalue weighted by Gasteiger charge is -2.28. The zero-order valence-corrected chi connectivity index (χ0v) is 10.7. The van der Waals surface area contributed by atoms with Crippen molar-refractivity contribution < 1.29 is 19.4 Å². The molecule has 1 aromatic rings. The van der Waals surface area contributed by atoms with Crippen LogP contribution >= 0.6 is 0 Å². The number of carbonyl (C=O) groups excluding carboxylic acids is 1. The summed E-state index contributed by atoms with van der Waals surface area (Å²) in [6, 6.07) is 3.14. The SMILES string of the molecule is O=C(c1ccc(F)cc1O)N1CCCCCC1CO. The number of likely N-dealkylation sites (tertiary alicyclic amines) is 1. The Kier molecular flexibility index (Phi) is 4.37. The summed E-state index contributed by atoms with van der Waals surface area (Å²) in [6.07, 6.45) is 3.63. The molecule has 0 bridgehead atoms. The lowest BCUT2D eigenvalue weighted by atomic mass is 10.1. The Bertz CT molecular complexity index is 464. The molecule has 0 radical (unpaired) electrons. The van der Waals surface area contributed by atoms with E-state index in [0.29, 0.717) is 6.54 Å². The van der Waals surface area contributed by atoms with Gasteiger partial charge in [-0.3, -0.25) is 4.79 Å². The standard InChI is InChI=1S/C14H18FNO3/c15-10-5-6-12(13(18)8-10)14(19)16-7-3-1-2-4-11(16)9-17/h5-6,8,11,17-18H,1-4,7,9H2. The van der Waals surface area contributed by atoms with E-state index >= 15 is 0 Å². The van der Waals surface area contributed by atoms with Crippen LogP contribution in [-0.2, 0) is 0 Å². The summed E-state index contributed by atoms with van der Waals surface area (Å²) in [5, 5.41) is 19.1. The molecule has 104 valence electrons. The smallest absolute Gasteiger partial charge is 0.257 e. The van der Waals surface area contributed by atoms with Crippen LogP contribution in [0, 0.1) is 5.82 Å². The van der Waals surface area contributed by atoms with E-state index < -0.39 is 5.82 Å². The van der Waals surface area contributed by atoms with Crippen LogP contribution in [0.5, 0.6) is 5.75 Å². The van der Waals surface area contributed by atoms with Gasteiger partial charge in [-0.05, 0) is 25.0 Å². The van der Waals surface area contributed by atoms with E-state index in [1.165, 1.54) is 6.07 Å². The quantitative estimate of drug-likeness (QED) is 0.860. The fourth-order valence-corrected chi connectivity index (χ4v) is 2.47. The highest BCUT2D eigenvalue weighted by molar-refractivity contribution is 5.97. The molecule has 1 saturated heterocycles. The van der Waals surface area contributed by atoms with E-state index in [9.17, 15) is 19.4 Å². The first kappa shape index (κ1) is 13.8. The van der Waals surface area contributed by atoms with E-state index in [1.807, 2.05) is 0 Å². The molecule has 1 aliphatic heterocycles. The summed E-state index contributed by atoms with van der Waals surface area (Å²) in [5.41, 5.74) is 0.0850. The van der Waals surface area contributed by atoms with Gasteiger partial charge < -0.3 is 15.1 Å². The molecule has 0 aromatic heterocycles. The minimum atomic E-state index is -0.580. The van der Waals surface area contributed by atoms with Crippen LogP contribution in [-0.4, -0.2) is 40.2 Å². The molecular weight excluding hydrogens is 249 g/mol. The van der Waals surface area contributed by atoms with Gasteiger partial charge in [-0.25, -0.2) is 4.39 Å². The predicted octanol–water partition coefficient (Wildman–Crippen LogP) is 1.91.